The Morgan fingerprint density at radius 2 is 1.85 bits per heavy atom. The molecule has 0 amide bonds. The Balaban J connectivity index is 0.00000144. The van der Waals surface area contributed by atoms with Crippen LogP contribution in [0.25, 0.3) is 0 Å². The Morgan fingerprint density at radius 1 is 1.31 bits per heavy atom. The van der Waals surface area contributed by atoms with Crippen molar-refractivity contribution in [3.05, 3.63) is 29.8 Å². The van der Waals surface area contributed by atoms with Crippen LogP contribution in [0.15, 0.2) is 29.3 Å². The molecule has 0 aromatic heterocycles. The molecule has 1 aromatic carbocycles. The first-order valence-electron chi connectivity index (χ1n) is 3.13. The van der Waals surface area contributed by atoms with Gasteiger partial charge in [0.15, 0.2) is 0 Å². The van der Waals surface area contributed by atoms with Crippen LogP contribution in [-0.2, 0) is 4.79 Å². The Morgan fingerprint density at radius 3 is 2.23 bits per heavy atom. The van der Waals surface area contributed by atoms with Gasteiger partial charge in [0, 0.05) is 0 Å². The van der Waals surface area contributed by atoms with E-state index in [1.807, 2.05) is 0 Å². The van der Waals surface area contributed by atoms with Crippen LogP contribution in [0.5, 0.6) is 0 Å². The van der Waals surface area contributed by atoms with Crippen LogP contribution < -0.4 is 34.7 Å². The van der Waals surface area contributed by atoms with Gasteiger partial charge in [0.25, 0.3) is 0 Å². The molecular formula is C8H4NNaO3. The molecule has 0 radical (unpaired) electrons. The van der Waals surface area contributed by atoms with E-state index in [-0.39, 0.29) is 35.1 Å². The van der Waals surface area contributed by atoms with Gasteiger partial charge in [0.1, 0.15) is 0 Å². The predicted molar refractivity (Wildman–Crippen MR) is 38.6 cm³/mol. The molecule has 1 aromatic rings. The number of hydrogen-bond acceptors (Lipinski definition) is 4. The van der Waals surface area contributed by atoms with Gasteiger partial charge in [-0.3, -0.25) is 0 Å². The van der Waals surface area contributed by atoms with E-state index in [1.165, 1.54) is 30.3 Å². The minimum Gasteiger partial charge on any atom is -0.545 e. The van der Waals surface area contributed by atoms with Gasteiger partial charge in [-0.15, -0.1) is 0 Å². The second-order valence-electron chi connectivity index (χ2n) is 2.04. The number of isocyanates is 1. The van der Waals surface area contributed by atoms with E-state index < -0.39 is 5.97 Å². The monoisotopic (exact) mass is 185 g/mol. The molecule has 13 heavy (non-hydrogen) atoms. The maximum atomic E-state index is 10.3. The maximum absolute atomic E-state index is 10.3. The Kier molecular flexibility index (Phi) is 5.26. The Labute approximate surface area is 96.6 Å². The number of benzene rings is 1. The van der Waals surface area contributed by atoms with Crippen molar-refractivity contribution < 1.29 is 44.3 Å². The number of aliphatic imine (C=N–C) groups is 1. The van der Waals surface area contributed by atoms with E-state index in [0.717, 1.165) is 0 Å². The molecule has 0 saturated carbocycles. The first-order valence-corrected chi connectivity index (χ1v) is 3.13. The molecule has 0 unspecified atom stereocenters. The quantitative estimate of drug-likeness (QED) is 0.280. The standard InChI is InChI=1S/C8H5NO3.Na/c10-5-9-7-3-1-6(2-4-7)8(11)12;/h1-4H,(H,11,12);/q;+1/p-1. The number of hydrogen-bond donors (Lipinski definition) is 0. The van der Waals surface area contributed by atoms with Crippen LogP contribution >= 0.6 is 0 Å². The number of rotatable bonds is 2. The second-order valence-corrected chi connectivity index (χ2v) is 2.04. The van der Waals surface area contributed by atoms with Gasteiger partial charge >= 0.3 is 29.6 Å². The molecule has 0 spiro atoms. The van der Waals surface area contributed by atoms with Gasteiger partial charge < -0.3 is 9.90 Å². The van der Waals surface area contributed by atoms with Crippen LogP contribution in [0.1, 0.15) is 10.4 Å². The van der Waals surface area contributed by atoms with Crippen LogP contribution in [0, 0.1) is 0 Å². The van der Waals surface area contributed by atoms with Crippen molar-refractivity contribution in [1.29, 1.82) is 0 Å². The smallest absolute Gasteiger partial charge is 0.545 e. The average molecular weight is 185 g/mol. The first kappa shape index (κ1) is 12.1. The zero-order chi connectivity index (χ0) is 8.97. The third-order valence-electron chi connectivity index (χ3n) is 1.28. The second kappa shape index (κ2) is 5.67. The number of carbonyl (C=O) groups is 1. The van der Waals surface area contributed by atoms with Crippen molar-refractivity contribution in [2.45, 2.75) is 0 Å². The third-order valence-corrected chi connectivity index (χ3v) is 1.28. The number of aromatic carboxylic acids is 1. The number of nitrogens with zero attached hydrogens (tertiary/aromatic N) is 1. The molecule has 0 aliphatic rings. The molecule has 0 aliphatic heterocycles. The maximum Gasteiger partial charge on any atom is 1.00 e. The van der Waals surface area contributed by atoms with Crippen molar-refractivity contribution in [1.82, 2.24) is 0 Å². The molecule has 60 valence electrons. The molecule has 0 saturated heterocycles. The van der Waals surface area contributed by atoms with Crippen LogP contribution in [-0.4, -0.2) is 12.0 Å². The summed E-state index contributed by atoms with van der Waals surface area (Å²) in [5, 5.41) is 10.3. The summed E-state index contributed by atoms with van der Waals surface area (Å²) in [6.45, 7) is 0. The largest absolute Gasteiger partial charge is 1.00 e. The summed E-state index contributed by atoms with van der Waals surface area (Å²) in [7, 11) is 0. The normalized spacial score (nSPS) is 8.00. The molecule has 0 aliphatic carbocycles. The van der Waals surface area contributed by atoms with E-state index in [9.17, 15) is 14.7 Å². The van der Waals surface area contributed by atoms with E-state index in [0.29, 0.717) is 5.69 Å². The Hall–Kier alpha value is -0.930. The SMILES string of the molecule is O=C=Nc1ccc(C(=O)[O-])cc1.[Na+]. The number of carboxylic acids is 1. The van der Waals surface area contributed by atoms with Crippen molar-refractivity contribution in [3.8, 4) is 0 Å². The molecule has 5 heteroatoms. The average Bonchev–Trinajstić information content (AvgIpc) is 2.06. The first-order chi connectivity index (χ1) is 5.74. The fourth-order valence-corrected chi connectivity index (χ4v) is 0.725. The van der Waals surface area contributed by atoms with Crippen molar-refractivity contribution in [2.24, 2.45) is 4.99 Å². The van der Waals surface area contributed by atoms with Gasteiger partial charge in [-0.1, -0.05) is 12.1 Å². The molecule has 1 rings (SSSR count). The molecule has 0 heterocycles. The van der Waals surface area contributed by atoms with Crippen molar-refractivity contribution in [3.63, 3.8) is 0 Å². The summed E-state index contributed by atoms with van der Waals surface area (Å²) in [6, 6.07) is 5.42. The minimum atomic E-state index is -1.25. The van der Waals surface area contributed by atoms with Crippen molar-refractivity contribution in [2.75, 3.05) is 0 Å². The zero-order valence-electron chi connectivity index (χ0n) is 6.98. The molecule has 0 atom stereocenters. The van der Waals surface area contributed by atoms with Gasteiger partial charge in [0.05, 0.1) is 11.7 Å². The van der Waals surface area contributed by atoms with E-state index in [1.54, 1.807) is 0 Å². The molecule has 0 bridgehead atoms. The summed E-state index contributed by atoms with van der Waals surface area (Å²) in [5.74, 6) is -1.25. The van der Waals surface area contributed by atoms with Gasteiger partial charge in [-0.2, -0.15) is 4.99 Å². The van der Waals surface area contributed by atoms with Gasteiger partial charge in [-0.25, -0.2) is 4.79 Å². The van der Waals surface area contributed by atoms with E-state index in [4.69, 9.17) is 0 Å². The predicted octanol–water partition coefficient (Wildman–Crippen LogP) is -2.98. The summed E-state index contributed by atoms with van der Waals surface area (Å²) >= 11 is 0. The zero-order valence-corrected chi connectivity index (χ0v) is 8.98. The Bertz CT molecular complexity index is 320. The summed E-state index contributed by atoms with van der Waals surface area (Å²) in [5.41, 5.74) is 0.426. The van der Waals surface area contributed by atoms with Crippen LogP contribution in [0.3, 0.4) is 0 Å². The van der Waals surface area contributed by atoms with Crippen molar-refractivity contribution >= 4 is 17.7 Å². The number of carboxylic acid groups (broad SMARTS) is 1. The topological polar surface area (TPSA) is 69.6 Å². The molecule has 4 nitrogen and oxygen atoms in total. The molecular weight excluding hydrogens is 181 g/mol. The summed E-state index contributed by atoms with van der Waals surface area (Å²) in [6.07, 6.45) is 1.34. The van der Waals surface area contributed by atoms with Gasteiger partial charge in [0.2, 0.25) is 6.08 Å². The summed E-state index contributed by atoms with van der Waals surface area (Å²) < 4.78 is 0. The molecule has 0 N–H and O–H groups in total. The third kappa shape index (κ3) is 3.53. The fourth-order valence-electron chi connectivity index (χ4n) is 0.725. The van der Waals surface area contributed by atoms with E-state index >= 15 is 0 Å². The van der Waals surface area contributed by atoms with Crippen LogP contribution in [0.2, 0.25) is 0 Å². The minimum absolute atomic E-state index is 0. The van der Waals surface area contributed by atoms with Gasteiger partial charge in [-0.05, 0) is 17.7 Å². The fraction of sp³-hybridized carbons (Fsp3) is 0. The molecule has 0 fully saturated rings. The number of carbonyl (C=O) groups excluding carboxylic acids is 2. The summed E-state index contributed by atoms with van der Waals surface area (Å²) in [4.78, 5) is 23.3. The van der Waals surface area contributed by atoms with E-state index in [2.05, 4.69) is 4.99 Å². The van der Waals surface area contributed by atoms with Crippen LogP contribution in [0.4, 0.5) is 5.69 Å².